The molecule has 8 nitrogen and oxygen atoms in total. The van der Waals surface area contributed by atoms with E-state index in [1.807, 2.05) is 36.5 Å². The van der Waals surface area contributed by atoms with Crippen LogP contribution in [0.5, 0.6) is 0 Å². The molecule has 0 aliphatic heterocycles. The van der Waals surface area contributed by atoms with Gasteiger partial charge in [-0.2, -0.15) is 0 Å². The molecular formula is C50H83NO7. The summed E-state index contributed by atoms with van der Waals surface area (Å²) in [7, 11) is 5.38. The summed E-state index contributed by atoms with van der Waals surface area (Å²) in [6.07, 6.45) is 51.7. The lowest BCUT2D eigenvalue weighted by molar-refractivity contribution is -0.889. The summed E-state index contributed by atoms with van der Waals surface area (Å²) >= 11 is 0. The summed E-state index contributed by atoms with van der Waals surface area (Å²) in [4.78, 5) is 36.9. The van der Waals surface area contributed by atoms with Crippen LogP contribution in [0, 0.1) is 0 Å². The highest BCUT2D eigenvalue weighted by Gasteiger charge is 2.25. The van der Waals surface area contributed by atoms with Gasteiger partial charge in [-0.25, -0.2) is 0 Å². The highest BCUT2D eigenvalue weighted by Crippen LogP contribution is 2.12. The fraction of sp³-hybridized carbons (Fsp3) is 0.660. The Balaban J connectivity index is 4.46. The van der Waals surface area contributed by atoms with Crippen molar-refractivity contribution < 1.29 is 38.2 Å². The summed E-state index contributed by atoms with van der Waals surface area (Å²) in [6.45, 7) is 4.50. The van der Waals surface area contributed by atoms with E-state index in [4.69, 9.17) is 14.2 Å². The molecule has 0 bridgehead atoms. The maximum atomic E-state index is 12.7. The Labute approximate surface area is 354 Å². The number of carboxylic acids is 1. The maximum Gasteiger partial charge on any atom is 0.306 e. The smallest absolute Gasteiger partial charge is 0.306 e. The molecule has 0 rings (SSSR count). The van der Waals surface area contributed by atoms with Crippen molar-refractivity contribution >= 4 is 17.9 Å². The third-order valence-corrected chi connectivity index (χ3v) is 9.64. The van der Waals surface area contributed by atoms with Crippen LogP contribution in [-0.2, 0) is 28.6 Å². The minimum Gasteiger partial charge on any atom is -0.544 e. The first kappa shape index (κ1) is 54.5. The third-order valence-electron chi connectivity index (χ3n) is 9.64. The van der Waals surface area contributed by atoms with Gasteiger partial charge in [-0.1, -0.05) is 170 Å². The van der Waals surface area contributed by atoms with E-state index in [1.165, 1.54) is 51.4 Å². The second-order valence-corrected chi connectivity index (χ2v) is 16.1. The molecule has 330 valence electrons. The van der Waals surface area contributed by atoms with Crippen molar-refractivity contribution in [3.05, 3.63) is 85.1 Å². The predicted molar refractivity (Wildman–Crippen MR) is 240 cm³/mol. The van der Waals surface area contributed by atoms with Crippen molar-refractivity contribution in [3.8, 4) is 0 Å². The van der Waals surface area contributed by atoms with Crippen LogP contribution in [-0.4, -0.2) is 75.5 Å². The number of hydrogen-bond acceptors (Lipinski definition) is 7. The second-order valence-electron chi connectivity index (χ2n) is 16.1. The van der Waals surface area contributed by atoms with Crippen LogP contribution in [0.1, 0.15) is 162 Å². The Morgan fingerprint density at radius 3 is 1.45 bits per heavy atom. The quantitative estimate of drug-likeness (QED) is 0.0264. The summed E-state index contributed by atoms with van der Waals surface area (Å²) < 4.78 is 17.1. The zero-order valence-electron chi connectivity index (χ0n) is 37.4. The van der Waals surface area contributed by atoms with Gasteiger partial charge in [0.1, 0.15) is 12.6 Å². The molecule has 0 spiro atoms. The largest absolute Gasteiger partial charge is 0.544 e. The van der Waals surface area contributed by atoms with Crippen molar-refractivity contribution in [2.45, 2.75) is 174 Å². The molecule has 0 aliphatic rings. The number of rotatable bonds is 39. The Bertz CT molecular complexity index is 1220. The number of likely N-dealkylation sites (N-methyl/N-ethyl adjacent to an activating group) is 1. The Morgan fingerprint density at radius 2 is 0.948 bits per heavy atom. The average Bonchev–Trinajstić information content (AvgIpc) is 3.18. The Kier molecular flexibility index (Phi) is 37.9. The number of carbonyl (C=O) groups is 3. The highest BCUT2D eigenvalue weighted by molar-refractivity contribution is 5.70. The molecule has 2 atom stereocenters. The molecule has 0 aromatic carbocycles. The van der Waals surface area contributed by atoms with Gasteiger partial charge in [0.2, 0.25) is 0 Å². The average molecular weight is 810 g/mol. The van der Waals surface area contributed by atoms with Crippen LogP contribution in [0.15, 0.2) is 85.1 Å². The van der Waals surface area contributed by atoms with Crippen LogP contribution in [0.25, 0.3) is 0 Å². The van der Waals surface area contributed by atoms with E-state index >= 15 is 0 Å². The minimum atomic E-state index is -1.14. The lowest BCUT2D eigenvalue weighted by Gasteiger charge is -2.34. The van der Waals surface area contributed by atoms with Crippen molar-refractivity contribution in [3.63, 3.8) is 0 Å². The molecule has 58 heavy (non-hydrogen) atoms. The van der Waals surface area contributed by atoms with Crippen LogP contribution >= 0.6 is 0 Å². The SMILES string of the molecule is CCC/C=C/C=C/C=C/C=C/C=C/CCCCCCCC(=O)OC(COCCC(C(=O)[O-])[N+](C)(C)C)COC(=O)CCCCC/C=C/C=C/CCCCCCCCC. The zero-order valence-corrected chi connectivity index (χ0v) is 37.4. The van der Waals surface area contributed by atoms with E-state index in [0.717, 1.165) is 77.0 Å². The van der Waals surface area contributed by atoms with Gasteiger partial charge in [-0.05, 0) is 57.8 Å². The Hall–Kier alpha value is -3.49. The molecule has 2 unspecified atom stereocenters. The first-order valence-corrected chi connectivity index (χ1v) is 22.7. The van der Waals surface area contributed by atoms with E-state index in [1.54, 1.807) is 21.1 Å². The molecule has 0 amide bonds. The van der Waals surface area contributed by atoms with Crippen molar-refractivity contribution in [1.82, 2.24) is 0 Å². The molecule has 0 saturated heterocycles. The number of aliphatic carboxylic acids is 1. The van der Waals surface area contributed by atoms with Crippen molar-refractivity contribution in [2.24, 2.45) is 0 Å². The predicted octanol–water partition coefficient (Wildman–Crippen LogP) is 11.2. The minimum absolute atomic E-state index is 0.0164. The summed E-state index contributed by atoms with van der Waals surface area (Å²) in [5.41, 5.74) is 0. The van der Waals surface area contributed by atoms with Crippen molar-refractivity contribution in [1.29, 1.82) is 0 Å². The number of nitrogens with zero attached hydrogens (tertiary/aromatic N) is 1. The molecule has 0 fully saturated rings. The van der Waals surface area contributed by atoms with Crippen LogP contribution in [0.2, 0.25) is 0 Å². The van der Waals surface area contributed by atoms with Gasteiger partial charge < -0.3 is 28.6 Å². The molecule has 0 saturated carbocycles. The first-order valence-electron chi connectivity index (χ1n) is 22.7. The summed E-state index contributed by atoms with van der Waals surface area (Å²) in [5.74, 6) is -1.81. The molecule has 0 aliphatic carbocycles. The number of carbonyl (C=O) groups excluding carboxylic acids is 3. The maximum absolute atomic E-state index is 12.7. The fourth-order valence-electron chi connectivity index (χ4n) is 6.09. The molecule has 0 radical (unpaired) electrons. The van der Waals surface area contributed by atoms with E-state index < -0.39 is 18.1 Å². The third kappa shape index (κ3) is 38.1. The molecule has 0 N–H and O–H groups in total. The molecule has 8 heteroatoms. The van der Waals surface area contributed by atoms with Gasteiger partial charge in [-0.3, -0.25) is 9.59 Å². The number of hydrogen-bond donors (Lipinski definition) is 0. The van der Waals surface area contributed by atoms with E-state index in [2.05, 4.69) is 62.5 Å². The number of unbranched alkanes of at least 4 members (excludes halogenated alkanes) is 16. The van der Waals surface area contributed by atoms with E-state index in [0.29, 0.717) is 6.42 Å². The number of ether oxygens (including phenoxy) is 3. The van der Waals surface area contributed by atoms with E-state index in [-0.39, 0.29) is 49.1 Å². The van der Waals surface area contributed by atoms with Gasteiger partial charge in [0, 0.05) is 19.3 Å². The number of esters is 2. The Morgan fingerprint density at radius 1 is 0.517 bits per heavy atom. The number of carboxylic acid groups (broad SMARTS) is 1. The lowest BCUT2D eigenvalue weighted by Crippen LogP contribution is -2.55. The van der Waals surface area contributed by atoms with Crippen LogP contribution in [0.3, 0.4) is 0 Å². The standard InChI is InChI=1S/C50H83NO7/c1-6-8-10-12-14-16-18-20-22-24-25-27-29-31-33-35-37-39-41-49(53)58-46(44-56-43-42-47(50(54)55)51(3,4)5)45-57-48(52)40-38-36-34-32-30-28-26-23-21-19-17-15-13-11-9-7-2/h10,12,14,16,18,20,22-28,30,46-47H,6-9,11,13,15,17,19,21,29,31-45H2,1-5H3/b12-10+,16-14+,20-18+,24-22+,26-23+,27-25+,30-28+. The topological polar surface area (TPSA) is 102 Å². The lowest BCUT2D eigenvalue weighted by atomic mass is 10.1. The summed E-state index contributed by atoms with van der Waals surface area (Å²) in [6, 6.07) is -0.739. The van der Waals surface area contributed by atoms with Crippen LogP contribution < -0.4 is 5.11 Å². The van der Waals surface area contributed by atoms with E-state index in [9.17, 15) is 19.5 Å². The second kappa shape index (κ2) is 40.3. The fourth-order valence-corrected chi connectivity index (χ4v) is 6.09. The number of allylic oxidation sites excluding steroid dienone is 14. The van der Waals surface area contributed by atoms with Crippen molar-refractivity contribution in [2.75, 3.05) is 41.0 Å². The molecular weight excluding hydrogens is 727 g/mol. The van der Waals surface area contributed by atoms with Gasteiger partial charge >= 0.3 is 11.9 Å². The summed E-state index contributed by atoms with van der Waals surface area (Å²) in [5, 5.41) is 11.6. The molecule has 0 aromatic heterocycles. The molecule has 0 aromatic rings. The highest BCUT2D eigenvalue weighted by atomic mass is 16.6. The normalized spacial score (nSPS) is 13.7. The monoisotopic (exact) mass is 810 g/mol. The zero-order chi connectivity index (χ0) is 42.8. The van der Waals surface area contributed by atoms with Gasteiger partial charge in [0.25, 0.3) is 0 Å². The molecule has 0 heterocycles. The van der Waals surface area contributed by atoms with Gasteiger partial charge in [0.05, 0.1) is 40.3 Å². The number of quaternary nitrogens is 1. The van der Waals surface area contributed by atoms with Crippen LogP contribution in [0.4, 0.5) is 0 Å². The first-order chi connectivity index (χ1) is 28.1. The van der Waals surface area contributed by atoms with Gasteiger partial charge in [0.15, 0.2) is 6.10 Å². The van der Waals surface area contributed by atoms with Gasteiger partial charge in [-0.15, -0.1) is 0 Å².